The van der Waals surface area contributed by atoms with E-state index >= 15 is 0 Å². The zero-order chi connectivity index (χ0) is 27.2. The van der Waals surface area contributed by atoms with Gasteiger partial charge in [0, 0.05) is 35.8 Å². The van der Waals surface area contributed by atoms with Gasteiger partial charge in [-0.25, -0.2) is 24.8 Å². The molecule has 0 atom stereocenters. The van der Waals surface area contributed by atoms with Crippen LogP contribution in [0.2, 0.25) is 0 Å². The van der Waals surface area contributed by atoms with E-state index in [1.54, 1.807) is 39.1 Å². The number of halogens is 1. The highest BCUT2D eigenvalue weighted by Crippen LogP contribution is 2.39. The second kappa shape index (κ2) is 11.6. The number of methoxy groups -OCH3 is 1. The number of rotatable bonds is 9. The number of ether oxygens (including phenoxy) is 1. The monoisotopic (exact) mass is 518 g/mol. The number of hydrogen-bond donors (Lipinski definition) is 3. The standard InChI is InChI=1S/C26H27FN8O3/c1-6-38-35-26(36)23-19(7-8-28-25(23)34-22-9-14(2)31-16(4)32-22)33-20-11-17(27)10-18(24(20)37-5)21-13-29-15(3)12-30-21/h7-13H,6H2,1-5H3,(H,35,36)(H2,28,31,32,33,34). The van der Waals surface area contributed by atoms with Gasteiger partial charge in [-0.1, -0.05) is 0 Å². The first-order chi connectivity index (χ1) is 18.3. The van der Waals surface area contributed by atoms with Crippen LogP contribution in [-0.2, 0) is 4.84 Å². The molecule has 3 aromatic heterocycles. The first-order valence-electron chi connectivity index (χ1n) is 11.7. The predicted molar refractivity (Wildman–Crippen MR) is 140 cm³/mol. The number of benzene rings is 1. The van der Waals surface area contributed by atoms with Gasteiger partial charge in [0.05, 0.1) is 42.7 Å². The number of carbonyl (C=O) groups excluding carboxylic acids is 1. The highest BCUT2D eigenvalue weighted by atomic mass is 19.1. The summed E-state index contributed by atoms with van der Waals surface area (Å²) in [4.78, 5) is 39.9. The molecule has 4 rings (SSSR count). The second-order valence-electron chi connectivity index (χ2n) is 8.22. The van der Waals surface area contributed by atoms with E-state index in [2.05, 4.69) is 41.0 Å². The molecule has 11 nitrogen and oxygen atoms in total. The summed E-state index contributed by atoms with van der Waals surface area (Å²) in [7, 11) is 1.46. The lowest BCUT2D eigenvalue weighted by Crippen LogP contribution is -2.26. The molecule has 1 amide bonds. The zero-order valence-electron chi connectivity index (χ0n) is 21.6. The van der Waals surface area contributed by atoms with Crippen LogP contribution < -0.4 is 20.9 Å². The SMILES string of the molecule is CCONC(=O)c1c(Nc2cc(F)cc(-c3cnc(C)cn3)c2OC)ccnc1Nc1cc(C)nc(C)n1. The summed E-state index contributed by atoms with van der Waals surface area (Å²) in [5, 5.41) is 6.20. The Kier molecular flexibility index (Phi) is 8.02. The van der Waals surface area contributed by atoms with E-state index in [-0.39, 0.29) is 23.7 Å². The van der Waals surface area contributed by atoms with Crippen molar-refractivity contribution in [3.8, 4) is 17.0 Å². The molecule has 196 valence electrons. The molecule has 38 heavy (non-hydrogen) atoms. The Morgan fingerprint density at radius 1 is 0.974 bits per heavy atom. The lowest BCUT2D eigenvalue weighted by molar-refractivity contribution is 0.0366. The van der Waals surface area contributed by atoms with Crippen molar-refractivity contribution < 1.29 is 18.8 Å². The topological polar surface area (TPSA) is 136 Å². The molecule has 0 aliphatic heterocycles. The molecule has 0 spiro atoms. The molecule has 4 aromatic rings. The molecule has 0 radical (unpaired) electrons. The van der Waals surface area contributed by atoms with Crippen molar-refractivity contribution in [3.63, 3.8) is 0 Å². The van der Waals surface area contributed by atoms with Gasteiger partial charge in [-0.15, -0.1) is 0 Å². The van der Waals surface area contributed by atoms with Crippen molar-refractivity contribution in [2.75, 3.05) is 24.4 Å². The minimum absolute atomic E-state index is 0.109. The third-order valence-corrected chi connectivity index (χ3v) is 5.28. The largest absolute Gasteiger partial charge is 0.494 e. The molecule has 0 saturated carbocycles. The fraction of sp³-hybridized carbons (Fsp3) is 0.231. The van der Waals surface area contributed by atoms with Crippen LogP contribution in [0.5, 0.6) is 5.75 Å². The summed E-state index contributed by atoms with van der Waals surface area (Å²) < 4.78 is 20.4. The number of nitrogens with one attached hydrogen (secondary N) is 3. The highest BCUT2D eigenvalue weighted by molar-refractivity contribution is 6.05. The molecule has 3 N–H and O–H groups in total. The number of nitrogens with zero attached hydrogens (tertiary/aromatic N) is 5. The van der Waals surface area contributed by atoms with E-state index in [4.69, 9.17) is 9.57 Å². The molecule has 12 heteroatoms. The van der Waals surface area contributed by atoms with Gasteiger partial charge >= 0.3 is 0 Å². The van der Waals surface area contributed by atoms with E-state index in [1.807, 2.05) is 6.92 Å². The first kappa shape index (κ1) is 26.4. The van der Waals surface area contributed by atoms with Gasteiger partial charge in [0.25, 0.3) is 5.91 Å². The van der Waals surface area contributed by atoms with Crippen molar-refractivity contribution in [3.05, 3.63) is 71.4 Å². The Morgan fingerprint density at radius 3 is 2.47 bits per heavy atom. The maximum absolute atomic E-state index is 14.8. The van der Waals surface area contributed by atoms with E-state index < -0.39 is 11.7 Å². The van der Waals surface area contributed by atoms with Crippen LogP contribution in [0.25, 0.3) is 11.3 Å². The molecular weight excluding hydrogens is 491 g/mol. The number of hydroxylamine groups is 1. The Balaban J connectivity index is 1.80. The number of aryl methyl sites for hydroxylation is 3. The van der Waals surface area contributed by atoms with E-state index in [0.717, 1.165) is 11.4 Å². The average Bonchev–Trinajstić information content (AvgIpc) is 2.87. The number of anilines is 4. The second-order valence-corrected chi connectivity index (χ2v) is 8.22. The first-order valence-corrected chi connectivity index (χ1v) is 11.7. The predicted octanol–water partition coefficient (Wildman–Crippen LogP) is 4.57. The lowest BCUT2D eigenvalue weighted by Gasteiger charge is -2.19. The summed E-state index contributed by atoms with van der Waals surface area (Å²) in [6.07, 6.45) is 4.62. The van der Waals surface area contributed by atoms with Crippen LogP contribution in [0.3, 0.4) is 0 Å². The van der Waals surface area contributed by atoms with Crippen LogP contribution in [0, 0.1) is 26.6 Å². The molecule has 3 heterocycles. The summed E-state index contributed by atoms with van der Waals surface area (Å²) in [5.41, 5.74) is 5.36. The van der Waals surface area contributed by atoms with Crippen molar-refractivity contribution in [2.24, 2.45) is 0 Å². The van der Waals surface area contributed by atoms with E-state index in [0.29, 0.717) is 34.3 Å². The Morgan fingerprint density at radius 2 is 1.79 bits per heavy atom. The van der Waals surface area contributed by atoms with Crippen molar-refractivity contribution in [1.82, 2.24) is 30.4 Å². The Labute approximate surface area is 218 Å². The van der Waals surface area contributed by atoms with E-state index in [1.165, 1.54) is 31.6 Å². The van der Waals surface area contributed by atoms with Crippen LogP contribution in [0.4, 0.5) is 27.4 Å². The molecule has 0 bridgehead atoms. The van der Waals surface area contributed by atoms with Gasteiger partial charge in [0.15, 0.2) is 5.75 Å². The van der Waals surface area contributed by atoms with Crippen molar-refractivity contribution in [2.45, 2.75) is 27.7 Å². The minimum Gasteiger partial charge on any atom is -0.494 e. The van der Waals surface area contributed by atoms with Gasteiger partial charge < -0.3 is 15.4 Å². The Hall–Kier alpha value is -4.71. The third kappa shape index (κ3) is 5.98. The fourth-order valence-electron chi connectivity index (χ4n) is 3.76. The van der Waals surface area contributed by atoms with Crippen LogP contribution >= 0.6 is 0 Å². The van der Waals surface area contributed by atoms with Crippen molar-refractivity contribution in [1.29, 1.82) is 0 Å². The number of carbonyl (C=O) groups is 1. The van der Waals surface area contributed by atoms with Crippen molar-refractivity contribution >= 4 is 28.9 Å². The molecule has 0 saturated heterocycles. The molecule has 0 aliphatic carbocycles. The van der Waals surface area contributed by atoms with Gasteiger partial charge in [0.1, 0.15) is 28.8 Å². The smallest absolute Gasteiger partial charge is 0.280 e. The van der Waals surface area contributed by atoms with E-state index in [9.17, 15) is 9.18 Å². The third-order valence-electron chi connectivity index (χ3n) is 5.28. The molecule has 0 fully saturated rings. The molecule has 1 aromatic carbocycles. The van der Waals surface area contributed by atoms with Gasteiger partial charge in [0.2, 0.25) is 0 Å². The molecule has 0 unspecified atom stereocenters. The van der Waals surface area contributed by atoms with Crippen LogP contribution in [-0.4, -0.2) is 44.5 Å². The summed E-state index contributed by atoms with van der Waals surface area (Å²) >= 11 is 0. The normalized spacial score (nSPS) is 10.7. The van der Waals surface area contributed by atoms with Crippen LogP contribution in [0.1, 0.15) is 34.5 Å². The van der Waals surface area contributed by atoms with Crippen LogP contribution in [0.15, 0.2) is 42.9 Å². The zero-order valence-corrected chi connectivity index (χ0v) is 21.6. The lowest BCUT2D eigenvalue weighted by atomic mass is 10.1. The van der Waals surface area contributed by atoms with Gasteiger partial charge in [-0.3, -0.25) is 19.6 Å². The summed E-state index contributed by atoms with van der Waals surface area (Å²) in [6.45, 7) is 7.39. The summed E-state index contributed by atoms with van der Waals surface area (Å²) in [6, 6.07) is 5.88. The number of aromatic nitrogens is 5. The average molecular weight is 519 g/mol. The number of pyridine rings is 1. The minimum atomic E-state index is -0.576. The van der Waals surface area contributed by atoms with Gasteiger partial charge in [-0.2, -0.15) is 0 Å². The fourth-order valence-corrected chi connectivity index (χ4v) is 3.76. The number of amides is 1. The molecular formula is C26H27FN8O3. The Bertz CT molecular complexity index is 1440. The van der Waals surface area contributed by atoms with Gasteiger partial charge in [-0.05, 0) is 39.8 Å². The maximum atomic E-state index is 14.8. The molecule has 0 aliphatic rings. The maximum Gasteiger partial charge on any atom is 0.280 e. The highest BCUT2D eigenvalue weighted by Gasteiger charge is 2.22. The number of hydrogen-bond acceptors (Lipinski definition) is 10. The quantitative estimate of drug-likeness (QED) is 0.270. The summed E-state index contributed by atoms with van der Waals surface area (Å²) in [5.74, 6) is 0.406.